The lowest BCUT2D eigenvalue weighted by Gasteiger charge is -2.32. The second-order valence-corrected chi connectivity index (χ2v) is 7.01. The zero-order valence-corrected chi connectivity index (χ0v) is 15.0. The molecule has 1 aliphatic rings. The molecule has 1 fully saturated rings. The monoisotopic (exact) mass is 354 g/mol. The molecule has 0 unspecified atom stereocenters. The lowest BCUT2D eigenvalue weighted by molar-refractivity contribution is -0.571. The van der Waals surface area contributed by atoms with Crippen LogP contribution in [0.15, 0.2) is 60.7 Å². The number of nitrogens with one attached hydrogen (secondary N) is 1. The van der Waals surface area contributed by atoms with Gasteiger partial charge in [-0.15, -0.1) is 0 Å². The van der Waals surface area contributed by atoms with Crippen LogP contribution in [0.3, 0.4) is 0 Å². The summed E-state index contributed by atoms with van der Waals surface area (Å²) in [5.41, 5.74) is -1.19. The molecule has 2 aromatic rings. The second kappa shape index (κ2) is 6.53. The van der Waals surface area contributed by atoms with Crippen molar-refractivity contribution in [1.82, 2.24) is 5.32 Å². The van der Waals surface area contributed by atoms with Crippen molar-refractivity contribution >= 4 is 5.97 Å². The molecular formula is C20H22N2O4. The Morgan fingerprint density at radius 3 is 2.00 bits per heavy atom. The molecular weight excluding hydrogens is 332 g/mol. The van der Waals surface area contributed by atoms with Gasteiger partial charge in [0, 0.05) is 11.8 Å². The number of benzene rings is 2. The first-order valence-electron chi connectivity index (χ1n) is 8.46. The Morgan fingerprint density at radius 1 is 1.04 bits per heavy atom. The van der Waals surface area contributed by atoms with E-state index < -0.39 is 29.0 Å². The third-order valence-corrected chi connectivity index (χ3v) is 5.46. The van der Waals surface area contributed by atoms with E-state index in [1.165, 1.54) is 7.11 Å². The summed E-state index contributed by atoms with van der Waals surface area (Å²) >= 11 is 0. The van der Waals surface area contributed by atoms with Gasteiger partial charge in [-0.25, -0.2) is 0 Å². The summed E-state index contributed by atoms with van der Waals surface area (Å²) in [4.78, 5) is 24.7. The number of carbonyl (C=O) groups is 1. The predicted octanol–water partition coefficient (Wildman–Crippen LogP) is 3.08. The summed E-state index contributed by atoms with van der Waals surface area (Å²) in [6.45, 7) is 3.28. The molecule has 0 saturated carbocycles. The van der Waals surface area contributed by atoms with E-state index in [2.05, 4.69) is 5.32 Å². The zero-order valence-electron chi connectivity index (χ0n) is 15.0. The Labute approximate surface area is 152 Å². The fraction of sp³-hybridized carbons (Fsp3) is 0.350. The van der Waals surface area contributed by atoms with E-state index in [-0.39, 0.29) is 4.92 Å². The maximum atomic E-state index is 12.7. The molecule has 0 radical (unpaired) electrons. The van der Waals surface area contributed by atoms with Crippen LogP contribution >= 0.6 is 0 Å². The lowest BCUT2D eigenvalue weighted by atomic mass is 9.70. The number of nitrogens with zero attached hydrogens (tertiary/aromatic N) is 1. The molecule has 0 aromatic heterocycles. The number of nitro groups is 1. The van der Waals surface area contributed by atoms with Gasteiger partial charge in [-0.05, 0) is 18.1 Å². The third-order valence-electron chi connectivity index (χ3n) is 5.46. The zero-order chi connectivity index (χ0) is 18.9. The average Bonchev–Trinajstić information content (AvgIpc) is 2.92. The van der Waals surface area contributed by atoms with Crippen molar-refractivity contribution in [1.29, 1.82) is 0 Å². The van der Waals surface area contributed by atoms with Crippen LogP contribution in [0.4, 0.5) is 0 Å². The van der Waals surface area contributed by atoms with Gasteiger partial charge in [-0.1, -0.05) is 60.7 Å². The van der Waals surface area contributed by atoms with Gasteiger partial charge in [0.25, 0.3) is 0 Å². The maximum absolute atomic E-state index is 12.7. The fourth-order valence-electron chi connectivity index (χ4n) is 4.26. The Kier molecular flexibility index (Phi) is 4.54. The van der Waals surface area contributed by atoms with Crippen LogP contribution in [-0.4, -0.2) is 29.1 Å². The Bertz CT molecular complexity index is 811. The van der Waals surface area contributed by atoms with E-state index in [0.717, 1.165) is 11.1 Å². The molecule has 1 N–H and O–H groups in total. The van der Waals surface area contributed by atoms with Gasteiger partial charge in [0.15, 0.2) is 0 Å². The number of ether oxygens (including phenoxy) is 1. The van der Waals surface area contributed by atoms with E-state index in [1.807, 2.05) is 60.7 Å². The average molecular weight is 354 g/mol. The molecule has 6 heteroatoms. The van der Waals surface area contributed by atoms with Crippen molar-refractivity contribution < 1.29 is 14.5 Å². The summed E-state index contributed by atoms with van der Waals surface area (Å²) in [5.74, 6) is -1.22. The van der Waals surface area contributed by atoms with Gasteiger partial charge in [0.1, 0.15) is 11.6 Å². The van der Waals surface area contributed by atoms with Crippen LogP contribution in [0.2, 0.25) is 0 Å². The van der Waals surface area contributed by atoms with Crippen molar-refractivity contribution in [3.05, 3.63) is 81.9 Å². The highest BCUT2D eigenvalue weighted by atomic mass is 16.6. The summed E-state index contributed by atoms with van der Waals surface area (Å²) in [6, 6.07) is 17.7. The summed E-state index contributed by atoms with van der Waals surface area (Å²) in [6.07, 6.45) is 0. The number of hydrogen-bond donors (Lipinski definition) is 1. The summed E-state index contributed by atoms with van der Waals surface area (Å²) < 4.78 is 5.02. The first kappa shape index (κ1) is 18.1. The molecule has 26 heavy (non-hydrogen) atoms. The van der Waals surface area contributed by atoms with Gasteiger partial charge in [0.2, 0.25) is 5.54 Å². The molecule has 0 bridgehead atoms. The van der Waals surface area contributed by atoms with Crippen LogP contribution in [-0.2, 0) is 9.53 Å². The van der Waals surface area contributed by atoms with Crippen molar-refractivity contribution in [2.24, 2.45) is 0 Å². The number of rotatable bonds is 4. The molecule has 1 heterocycles. The van der Waals surface area contributed by atoms with Crippen molar-refractivity contribution in [3.63, 3.8) is 0 Å². The number of methoxy groups -OCH3 is 1. The van der Waals surface area contributed by atoms with E-state index in [4.69, 9.17) is 4.74 Å². The molecule has 0 spiro atoms. The van der Waals surface area contributed by atoms with Crippen LogP contribution in [0.1, 0.15) is 36.9 Å². The fourth-order valence-corrected chi connectivity index (χ4v) is 4.26. The number of hydrogen-bond acceptors (Lipinski definition) is 5. The molecule has 0 amide bonds. The summed E-state index contributed by atoms with van der Waals surface area (Å²) in [7, 11) is 1.30. The lowest BCUT2D eigenvalue weighted by Crippen LogP contribution is -2.51. The Hall–Kier alpha value is -2.73. The quantitative estimate of drug-likeness (QED) is 0.518. The maximum Gasteiger partial charge on any atom is 0.326 e. The largest absolute Gasteiger partial charge is 0.468 e. The van der Waals surface area contributed by atoms with E-state index in [0.29, 0.717) is 0 Å². The predicted molar refractivity (Wildman–Crippen MR) is 97.3 cm³/mol. The minimum Gasteiger partial charge on any atom is -0.468 e. The standard InChI is InChI=1S/C20H22N2O4/c1-19(18(23)26-3)16(14-10-6-4-7-11-14)20(2,22(24)25)17(21-19)15-12-8-5-9-13-15/h4-13,16-17,21H,1-3H3/t16-,17+,19+,20+/m1/s1. The highest BCUT2D eigenvalue weighted by Crippen LogP contribution is 2.53. The van der Waals surface area contributed by atoms with Crippen molar-refractivity contribution in [3.8, 4) is 0 Å². The van der Waals surface area contributed by atoms with Gasteiger partial charge in [-0.3, -0.25) is 20.2 Å². The normalized spacial score (nSPS) is 30.7. The van der Waals surface area contributed by atoms with Crippen LogP contribution in [0.5, 0.6) is 0 Å². The molecule has 136 valence electrons. The Balaban J connectivity index is 2.25. The van der Waals surface area contributed by atoms with Crippen LogP contribution < -0.4 is 5.32 Å². The van der Waals surface area contributed by atoms with Crippen molar-refractivity contribution in [2.45, 2.75) is 36.9 Å². The van der Waals surface area contributed by atoms with E-state index in [9.17, 15) is 14.9 Å². The molecule has 2 aromatic carbocycles. The van der Waals surface area contributed by atoms with Crippen molar-refractivity contribution in [2.75, 3.05) is 7.11 Å². The SMILES string of the molecule is COC(=O)[C@@]1(C)N[C@@H](c2ccccc2)[C@@](C)([N+](=O)[O-])[C@@H]1c1ccccc1. The van der Waals surface area contributed by atoms with E-state index >= 15 is 0 Å². The third kappa shape index (κ3) is 2.57. The van der Waals surface area contributed by atoms with Gasteiger partial charge >= 0.3 is 5.97 Å². The summed E-state index contributed by atoms with van der Waals surface area (Å²) in [5, 5.41) is 15.5. The molecule has 3 rings (SSSR count). The molecule has 4 atom stereocenters. The van der Waals surface area contributed by atoms with E-state index in [1.54, 1.807) is 13.8 Å². The highest BCUT2D eigenvalue weighted by molar-refractivity contribution is 5.83. The number of carbonyl (C=O) groups excluding carboxylic acids is 1. The number of esters is 1. The first-order chi connectivity index (χ1) is 12.4. The topological polar surface area (TPSA) is 81.5 Å². The molecule has 1 saturated heterocycles. The minimum absolute atomic E-state index is 0.274. The second-order valence-electron chi connectivity index (χ2n) is 7.01. The van der Waals surface area contributed by atoms with Crippen LogP contribution in [0, 0.1) is 10.1 Å². The Morgan fingerprint density at radius 2 is 1.54 bits per heavy atom. The smallest absolute Gasteiger partial charge is 0.326 e. The van der Waals surface area contributed by atoms with Crippen LogP contribution in [0.25, 0.3) is 0 Å². The molecule has 6 nitrogen and oxygen atoms in total. The molecule has 0 aliphatic carbocycles. The van der Waals surface area contributed by atoms with Gasteiger partial charge in [0.05, 0.1) is 13.0 Å². The first-order valence-corrected chi connectivity index (χ1v) is 8.46. The van der Waals surface area contributed by atoms with Gasteiger partial charge in [-0.2, -0.15) is 0 Å². The highest BCUT2D eigenvalue weighted by Gasteiger charge is 2.69. The van der Waals surface area contributed by atoms with Gasteiger partial charge < -0.3 is 4.74 Å². The minimum atomic E-state index is -1.44. The molecule has 1 aliphatic heterocycles.